The lowest BCUT2D eigenvalue weighted by atomic mass is 10.1. The van der Waals surface area contributed by atoms with Crippen LogP contribution in [0, 0.1) is 0 Å². The van der Waals surface area contributed by atoms with Crippen molar-refractivity contribution in [2.24, 2.45) is 0 Å². The molecule has 0 saturated carbocycles. The fourth-order valence-corrected chi connectivity index (χ4v) is 4.76. The van der Waals surface area contributed by atoms with E-state index in [0.29, 0.717) is 27.9 Å². The van der Waals surface area contributed by atoms with Crippen LogP contribution >= 0.6 is 34.8 Å². The van der Waals surface area contributed by atoms with E-state index in [1.165, 1.54) is 24.3 Å². The second kappa shape index (κ2) is 9.78. The van der Waals surface area contributed by atoms with Crippen LogP contribution in [0.25, 0.3) is 0 Å². The zero-order chi connectivity index (χ0) is 20.0. The second-order valence-corrected chi connectivity index (χ2v) is 9.55. The minimum absolute atomic E-state index is 0.0323. The van der Waals surface area contributed by atoms with Gasteiger partial charge < -0.3 is 5.11 Å². The van der Waals surface area contributed by atoms with Gasteiger partial charge in [-0.15, -0.1) is 0 Å². The number of benzene rings is 2. The molecule has 0 amide bonds. The number of aryl methyl sites for hydroxylation is 1. The Kier molecular flexibility index (Phi) is 7.98. The predicted molar refractivity (Wildman–Crippen MR) is 109 cm³/mol. The minimum atomic E-state index is -3.96. The van der Waals surface area contributed by atoms with Crippen LogP contribution in [0.15, 0.2) is 47.4 Å². The standard InChI is InChI=1S/C19H19Cl3O4S/c20-14-7-9-15(10-8-14)27(25,26)18(19(23)24)5-3-1-2-4-13-6-11-16(21)17(22)12-13/h6-12,18H,1-5H2,(H,23,24). The summed E-state index contributed by atoms with van der Waals surface area (Å²) in [6, 6.07) is 11.0. The van der Waals surface area contributed by atoms with E-state index in [4.69, 9.17) is 34.8 Å². The summed E-state index contributed by atoms with van der Waals surface area (Å²) in [5, 5.41) is 9.30. The third-order valence-corrected chi connectivity index (χ3v) is 7.31. The van der Waals surface area contributed by atoms with Crippen LogP contribution < -0.4 is 0 Å². The molecule has 1 atom stereocenters. The van der Waals surface area contributed by atoms with Crippen molar-refractivity contribution in [2.45, 2.75) is 42.2 Å². The first-order chi connectivity index (χ1) is 12.7. The van der Waals surface area contributed by atoms with Gasteiger partial charge in [0.2, 0.25) is 0 Å². The number of carbonyl (C=O) groups is 1. The summed E-state index contributed by atoms with van der Waals surface area (Å²) in [5.41, 5.74) is 1.04. The summed E-state index contributed by atoms with van der Waals surface area (Å²) < 4.78 is 25.2. The van der Waals surface area contributed by atoms with E-state index in [1.54, 1.807) is 12.1 Å². The lowest BCUT2D eigenvalue weighted by molar-refractivity contribution is -0.136. The molecule has 0 radical (unpaired) electrons. The SMILES string of the molecule is O=C(O)C(CCCCCc1ccc(Cl)c(Cl)c1)S(=O)(=O)c1ccc(Cl)cc1. The van der Waals surface area contributed by atoms with Gasteiger partial charge in [-0.25, -0.2) is 8.42 Å². The van der Waals surface area contributed by atoms with Gasteiger partial charge in [0, 0.05) is 5.02 Å². The first kappa shape index (κ1) is 22.0. The number of carboxylic acids is 1. The Morgan fingerprint density at radius 2 is 1.59 bits per heavy atom. The van der Waals surface area contributed by atoms with Crippen molar-refractivity contribution in [3.05, 3.63) is 63.1 Å². The molecule has 0 aromatic heterocycles. The van der Waals surface area contributed by atoms with Gasteiger partial charge in [-0.1, -0.05) is 53.7 Å². The molecule has 0 bridgehead atoms. The molecule has 1 unspecified atom stereocenters. The smallest absolute Gasteiger partial charge is 0.322 e. The Balaban J connectivity index is 1.91. The number of halogens is 3. The third kappa shape index (κ3) is 6.11. The summed E-state index contributed by atoms with van der Waals surface area (Å²) in [6.45, 7) is 0. The lowest BCUT2D eigenvalue weighted by Crippen LogP contribution is -2.30. The van der Waals surface area contributed by atoms with Gasteiger partial charge >= 0.3 is 5.97 Å². The molecule has 2 rings (SSSR count). The third-order valence-electron chi connectivity index (χ3n) is 4.21. The van der Waals surface area contributed by atoms with Crippen LogP contribution in [-0.2, 0) is 21.1 Å². The number of hydrogen-bond acceptors (Lipinski definition) is 3. The fourth-order valence-electron chi connectivity index (χ4n) is 2.73. The molecule has 0 fully saturated rings. The van der Waals surface area contributed by atoms with E-state index < -0.39 is 21.1 Å². The number of carboxylic acid groups (broad SMARTS) is 1. The van der Waals surface area contributed by atoms with Crippen LogP contribution in [0.4, 0.5) is 0 Å². The molecule has 2 aromatic rings. The average molecular weight is 450 g/mol. The number of unbranched alkanes of at least 4 members (excludes halogenated alkanes) is 2. The molecule has 8 heteroatoms. The van der Waals surface area contributed by atoms with Crippen LogP contribution in [0.5, 0.6) is 0 Å². The van der Waals surface area contributed by atoms with Crippen molar-refractivity contribution < 1.29 is 18.3 Å². The van der Waals surface area contributed by atoms with Gasteiger partial charge in [0.15, 0.2) is 15.1 Å². The molecule has 27 heavy (non-hydrogen) atoms. The van der Waals surface area contributed by atoms with Crippen LogP contribution in [0.3, 0.4) is 0 Å². The molecule has 146 valence electrons. The van der Waals surface area contributed by atoms with Crippen LogP contribution in [-0.4, -0.2) is 24.7 Å². The monoisotopic (exact) mass is 448 g/mol. The highest BCUT2D eigenvalue weighted by Crippen LogP contribution is 2.25. The molecule has 0 heterocycles. The second-order valence-electron chi connectivity index (χ2n) is 6.17. The van der Waals surface area contributed by atoms with Crippen LogP contribution in [0.2, 0.25) is 15.1 Å². The highest BCUT2D eigenvalue weighted by Gasteiger charge is 2.33. The van der Waals surface area contributed by atoms with Gasteiger partial charge in [0.25, 0.3) is 0 Å². The van der Waals surface area contributed by atoms with E-state index in [-0.39, 0.29) is 11.3 Å². The fraction of sp³-hybridized carbons (Fsp3) is 0.316. The Hall–Kier alpha value is -1.27. The van der Waals surface area contributed by atoms with Gasteiger partial charge in [0.05, 0.1) is 14.9 Å². The van der Waals surface area contributed by atoms with Gasteiger partial charge in [-0.05, 0) is 61.2 Å². The Morgan fingerprint density at radius 3 is 2.19 bits per heavy atom. The van der Waals surface area contributed by atoms with Crippen molar-refractivity contribution in [2.75, 3.05) is 0 Å². The van der Waals surface area contributed by atoms with E-state index in [0.717, 1.165) is 18.4 Å². The molecule has 2 aromatic carbocycles. The van der Waals surface area contributed by atoms with Gasteiger partial charge in [0.1, 0.15) is 0 Å². The quantitative estimate of drug-likeness (QED) is 0.500. The van der Waals surface area contributed by atoms with E-state index >= 15 is 0 Å². The number of sulfone groups is 1. The maximum absolute atomic E-state index is 12.6. The van der Waals surface area contributed by atoms with Gasteiger partial charge in [-0.3, -0.25) is 4.79 Å². The number of hydrogen-bond donors (Lipinski definition) is 1. The van der Waals surface area contributed by atoms with Crippen LogP contribution in [0.1, 0.15) is 31.2 Å². The first-order valence-electron chi connectivity index (χ1n) is 8.38. The zero-order valence-corrected chi connectivity index (χ0v) is 17.5. The summed E-state index contributed by atoms with van der Waals surface area (Å²) in [7, 11) is -3.96. The normalized spacial score (nSPS) is 12.7. The van der Waals surface area contributed by atoms with Crippen molar-refractivity contribution in [1.82, 2.24) is 0 Å². The Labute approximate surface area is 174 Å². The molecule has 4 nitrogen and oxygen atoms in total. The van der Waals surface area contributed by atoms with E-state index in [2.05, 4.69) is 0 Å². The Morgan fingerprint density at radius 1 is 0.926 bits per heavy atom. The summed E-state index contributed by atoms with van der Waals surface area (Å²) >= 11 is 17.6. The van der Waals surface area contributed by atoms with Crippen molar-refractivity contribution in [3.8, 4) is 0 Å². The van der Waals surface area contributed by atoms with E-state index in [1.807, 2.05) is 6.07 Å². The molecule has 0 aliphatic carbocycles. The summed E-state index contributed by atoms with van der Waals surface area (Å²) in [5.74, 6) is -1.34. The number of aliphatic carboxylic acids is 1. The summed E-state index contributed by atoms with van der Waals surface area (Å²) in [4.78, 5) is 11.5. The zero-order valence-electron chi connectivity index (χ0n) is 14.4. The minimum Gasteiger partial charge on any atom is -0.480 e. The molecule has 0 saturated heterocycles. The summed E-state index contributed by atoms with van der Waals surface area (Å²) in [6.07, 6.45) is 2.82. The molecule has 0 spiro atoms. The molecular formula is C19H19Cl3O4S. The first-order valence-corrected chi connectivity index (χ1v) is 11.1. The highest BCUT2D eigenvalue weighted by molar-refractivity contribution is 7.92. The topological polar surface area (TPSA) is 71.4 Å². The van der Waals surface area contributed by atoms with E-state index in [9.17, 15) is 18.3 Å². The number of rotatable bonds is 9. The molecule has 0 aliphatic heterocycles. The van der Waals surface area contributed by atoms with Crippen molar-refractivity contribution in [1.29, 1.82) is 0 Å². The average Bonchev–Trinajstić information content (AvgIpc) is 2.60. The maximum atomic E-state index is 12.6. The van der Waals surface area contributed by atoms with Crippen molar-refractivity contribution >= 4 is 50.6 Å². The largest absolute Gasteiger partial charge is 0.480 e. The molecule has 0 aliphatic rings. The Bertz CT molecular complexity index is 896. The van der Waals surface area contributed by atoms with Crippen molar-refractivity contribution in [3.63, 3.8) is 0 Å². The molecular weight excluding hydrogens is 431 g/mol. The highest BCUT2D eigenvalue weighted by atomic mass is 35.5. The molecule has 1 N–H and O–H groups in total. The maximum Gasteiger partial charge on any atom is 0.322 e. The predicted octanol–water partition coefficient (Wildman–Crippen LogP) is 5.68. The van der Waals surface area contributed by atoms with Gasteiger partial charge in [-0.2, -0.15) is 0 Å². The lowest BCUT2D eigenvalue weighted by Gasteiger charge is -2.14.